The molecule has 0 unspecified atom stereocenters. The van der Waals surface area contributed by atoms with E-state index in [1.807, 2.05) is 0 Å². The number of hydrogen-bond acceptors (Lipinski definition) is 7. The van der Waals surface area contributed by atoms with Crippen molar-refractivity contribution in [2.45, 2.75) is 45.4 Å². The van der Waals surface area contributed by atoms with Gasteiger partial charge in [0.05, 0.1) is 19.4 Å². The third-order valence-corrected chi connectivity index (χ3v) is 5.37. The molecule has 0 N–H and O–H groups in total. The molecule has 8 heteroatoms. The van der Waals surface area contributed by atoms with Crippen molar-refractivity contribution in [1.29, 1.82) is 0 Å². The molecular weight excluding hydrogens is 359 g/mol. The van der Waals surface area contributed by atoms with Crippen molar-refractivity contribution in [3.8, 4) is 0 Å². The molecule has 0 spiro atoms. The number of hydrogen-bond donors (Lipinski definition) is 0. The van der Waals surface area contributed by atoms with E-state index in [0.717, 1.165) is 37.8 Å². The number of unbranched alkanes of at least 4 members (excludes halogenated alkanes) is 5. The van der Waals surface area contributed by atoms with E-state index in [1.54, 1.807) is 0 Å². The van der Waals surface area contributed by atoms with Gasteiger partial charge in [0, 0.05) is 12.2 Å². The predicted octanol–water partition coefficient (Wildman–Crippen LogP) is 4.03. The molecule has 0 atom stereocenters. The van der Waals surface area contributed by atoms with Crippen LogP contribution in [0.2, 0.25) is 0 Å². The van der Waals surface area contributed by atoms with Crippen LogP contribution < -0.4 is 0 Å². The molecule has 0 amide bonds. The molecule has 0 saturated carbocycles. The Balaban J connectivity index is 4.28. The quantitative estimate of drug-likeness (QED) is 0.160. The highest BCUT2D eigenvalue weighted by atomic mass is 31.2. The maximum atomic E-state index is 12.8. The zero-order valence-electron chi connectivity index (χ0n) is 15.7. The third-order valence-electron chi connectivity index (χ3n) is 3.35. The lowest BCUT2D eigenvalue weighted by Gasteiger charge is -2.18. The molecule has 0 aromatic heterocycles. The minimum absolute atomic E-state index is 0.0415. The molecule has 0 saturated heterocycles. The van der Waals surface area contributed by atoms with Gasteiger partial charge in [0.2, 0.25) is 0 Å². The van der Waals surface area contributed by atoms with Crippen LogP contribution in [0.3, 0.4) is 0 Å². The summed E-state index contributed by atoms with van der Waals surface area (Å²) in [6, 6.07) is 0. The average molecular weight is 390 g/mol. The summed E-state index contributed by atoms with van der Waals surface area (Å²) in [5.74, 6) is -1.15. The summed E-state index contributed by atoms with van der Waals surface area (Å²) >= 11 is 0. The van der Waals surface area contributed by atoms with Crippen molar-refractivity contribution in [1.82, 2.24) is 0 Å². The van der Waals surface area contributed by atoms with Gasteiger partial charge in [-0.3, -0.25) is 4.57 Å². The zero-order valence-corrected chi connectivity index (χ0v) is 16.5. The molecule has 0 aliphatic rings. The minimum atomic E-state index is -3.35. The monoisotopic (exact) mass is 390 g/mol. The highest BCUT2D eigenvalue weighted by molar-refractivity contribution is 7.53. The first-order valence-electron chi connectivity index (χ1n) is 8.94. The van der Waals surface area contributed by atoms with Crippen LogP contribution in [0.1, 0.15) is 45.4 Å². The smallest absolute Gasteiger partial charge is 0.330 e. The summed E-state index contributed by atoms with van der Waals surface area (Å²) < 4.78 is 33.0. The van der Waals surface area contributed by atoms with Crippen LogP contribution in [0.4, 0.5) is 0 Å². The molecule has 0 aromatic rings. The van der Waals surface area contributed by atoms with Gasteiger partial charge in [-0.25, -0.2) is 9.59 Å². The molecule has 0 bridgehead atoms. The molecule has 0 aliphatic carbocycles. The Hall–Kier alpha value is -1.43. The highest BCUT2D eigenvalue weighted by Crippen LogP contribution is 2.48. The largest absolute Gasteiger partial charge is 0.460 e. The van der Waals surface area contributed by atoms with Crippen LogP contribution in [0.15, 0.2) is 25.3 Å². The van der Waals surface area contributed by atoms with Crippen LogP contribution in [0.5, 0.6) is 0 Å². The molecule has 26 heavy (non-hydrogen) atoms. The second kappa shape index (κ2) is 15.8. The van der Waals surface area contributed by atoms with Gasteiger partial charge in [-0.05, 0) is 6.42 Å². The van der Waals surface area contributed by atoms with Crippen molar-refractivity contribution in [2.24, 2.45) is 0 Å². The van der Waals surface area contributed by atoms with Gasteiger partial charge >= 0.3 is 19.5 Å². The van der Waals surface area contributed by atoms with E-state index in [-0.39, 0.29) is 32.6 Å². The van der Waals surface area contributed by atoms with Crippen molar-refractivity contribution in [3.63, 3.8) is 0 Å². The zero-order chi connectivity index (χ0) is 19.7. The Morgan fingerprint density at radius 3 is 1.73 bits per heavy atom. The van der Waals surface area contributed by atoms with E-state index >= 15 is 0 Å². The van der Waals surface area contributed by atoms with E-state index in [1.165, 1.54) is 6.42 Å². The Morgan fingerprint density at radius 1 is 0.808 bits per heavy atom. The number of ether oxygens (including phenoxy) is 2. The van der Waals surface area contributed by atoms with Crippen LogP contribution >= 0.6 is 7.60 Å². The van der Waals surface area contributed by atoms with Gasteiger partial charge in [-0.1, -0.05) is 52.2 Å². The molecule has 0 radical (unpaired) electrons. The number of esters is 2. The fraction of sp³-hybridized carbons (Fsp3) is 0.667. The van der Waals surface area contributed by atoms with E-state index in [2.05, 4.69) is 20.1 Å². The van der Waals surface area contributed by atoms with E-state index in [4.69, 9.17) is 18.5 Å². The first kappa shape index (κ1) is 24.6. The lowest BCUT2D eigenvalue weighted by molar-refractivity contribution is -0.139. The van der Waals surface area contributed by atoms with Crippen LogP contribution in [-0.4, -0.2) is 44.5 Å². The SMILES string of the molecule is C=CC(=O)OCCOP(=O)(CCCCCCCC)OCCOC(=O)C=C. The van der Waals surface area contributed by atoms with Gasteiger partial charge in [0.25, 0.3) is 0 Å². The van der Waals surface area contributed by atoms with Crippen molar-refractivity contribution in [3.05, 3.63) is 25.3 Å². The molecule has 7 nitrogen and oxygen atoms in total. The van der Waals surface area contributed by atoms with Crippen LogP contribution in [0.25, 0.3) is 0 Å². The second-order valence-corrected chi connectivity index (χ2v) is 7.70. The minimum Gasteiger partial charge on any atom is -0.460 e. The Morgan fingerprint density at radius 2 is 1.27 bits per heavy atom. The normalized spacial score (nSPS) is 11.0. The van der Waals surface area contributed by atoms with Gasteiger partial charge in [0.15, 0.2) is 0 Å². The van der Waals surface area contributed by atoms with Crippen molar-refractivity contribution in [2.75, 3.05) is 32.6 Å². The van der Waals surface area contributed by atoms with E-state index in [0.29, 0.717) is 6.42 Å². The standard InChI is InChI=1S/C18H31O7P/c1-4-7-8-9-10-11-16-26(21,24-14-12-22-17(19)5-2)25-15-13-23-18(20)6-3/h5-6H,2-4,7-16H2,1H3. The van der Waals surface area contributed by atoms with Gasteiger partial charge in [0.1, 0.15) is 13.2 Å². The van der Waals surface area contributed by atoms with E-state index in [9.17, 15) is 14.2 Å². The Kier molecular flexibility index (Phi) is 14.9. The summed E-state index contributed by atoms with van der Waals surface area (Å²) in [6.45, 7) is 8.55. The summed E-state index contributed by atoms with van der Waals surface area (Å²) in [4.78, 5) is 22.0. The first-order valence-corrected chi connectivity index (χ1v) is 10.7. The molecule has 0 aromatic carbocycles. The number of carbonyl (C=O) groups excluding carboxylic acids is 2. The van der Waals surface area contributed by atoms with Gasteiger partial charge < -0.3 is 18.5 Å². The van der Waals surface area contributed by atoms with Crippen molar-refractivity contribution < 1.29 is 32.7 Å². The molecular formula is C18H31O7P. The van der Waals surface area contributed by atoms with Crippen molar-refractivity contribution >= 4 is 19.5 Å². The third kappa shape index (κ3) is 13.8. The second-order valence-electron chi connectivity index (χ2n) is 5.51. The first-order chi connectivity index (χ1) is 12.5. The lowest BCUT2D eigenvalue weighted by atomic mass is 10.1. The molecule has 0 aliphatic heterocycles. The van der Waals surface area contributed by atoms with Crippen LogP contribution in [-0.2, 0) is 32.7 Å². The maximum absolute atomic E-state index is 12.8. The lowest BCUT2D eigenvalue weighted by Crippen LogP contribution is -2.12. The topological polar surface area (TPSA) is 88.1 Å². The molecule has 0 rings (SSSR count). The molecule has 0 fully saturated rings. The number of carbonyl (C=O) groups is 2. The number of rotatable bonds is 17. The van der Waals surface area contributed by atoms with Gasteiger partial charge in [-0.15, -0.1) is 0 Å². The molecule has 150 valence electrons. The Bertz CT molecular complexity index is 444. The molecule has 0 heterocycles. The van der Waals surface area contributed by atoms with Crippen LogP contribution in [0, 0.1) is 0 Å². The highest BCUT2D eigenvalue weighted by Gasteiger charge is 2.24. The average Bonchev–Trinajstić information content (AvgIpc) is 2.65. The Labute approximate surface area is 156 Å². The summed E-state index contributed by atoms with van der Waals surface area (Å²) in [6.07, 6.45) is 8.57. The fourth-order valence-electron chi connectivity index (χ4n) is 2.01. The summed E-state index contributed by atoms with van der Waals surface area (Å²) in [5.41, 5.74) is 0. The predicted molar refractivity (Wildman–Crippen MR) is 100 cm³/mol. The summed E-state index contributed by atoms with van der Waals surface area (Å²) in [7, 11) is -3.35. The summed E-state index contributed by atoms with van der Waals surface area (Å²) in [5, 5.41) is 0. The van der Waals surface area contributed by atoms with E-state index < -0.39 is 19.5 Å². The maximum Gasteiger partial charge on any atom is 0.330 e. The fourth-order valence-corrected chi connectivity index (χ4v) is 3.66. The van der Waals surface area contributed by atoms with Gasteiger partial charge in [-0.2, -0.15) is 0 Å².